The zero-order valence-corrected chi connectivity index (χ0v) is 22.5. The minimum atomic E-state index is -1.01. The lowest BCUT2D eigenvalue weighted by molar-refractivity contribution is -0.232. The highest BCUT2D eigenvalue weighted by Gasteiger charge is 2.83. The predicted molar refractivity (Wildman–Crippen MR) is 136 cm³/mol. The fourth-order valence-corrected chi connectivity index (χ4v) is 6.89. The maximum Gasteiger partial charge on any atom is 0.331 e. The zero-order chi connectivity index (χ0) is 28.0. The van der Waals surface area contributed by atoms with Crippen LogP contribution in [0.1, 0.15) is 46.5 Å². The van der Waals surface area contributed by atoms with Gasteiger partial charge < -0.3 is 33.9 Å². The van der Waals surface area contributed by atoms with E-state index in [9.17, 15) is 24.6 Å². The minimum absolute atomic E-state index is 0.0504. The fourth-order valence-electron chi connectivity index (χ4n) is 6.89. The van der Waals surface area contributed by atoms with Crippen LogP contribution in [-0.2, 0) is 38.1 Å². The van der Waals surface area contributed by atoms with E-state index in [1.807, 2.05) is 6.92 Å². The van der Waals surface area contributed by atoms with Crippen LogP contribution in [0, 0.1) is 10.8 Å². The summed E-state index contributed by atoms with van der Waals surface area (Å²) in [7, 11) is 0. The number of carboxylic acids is 1. The zero-order valence-electron chi connectivity index (χ0n) is 22.5. The summed E-state index contributed by atoms with van der Waals surface area (Å²) in [4.78, 5) is 37.7. The molecule has 0 aromatic rings. The van der Waals surface area contributed by atoms with Gasteiger partial charge in [-0.05, 0) is 39.2 Å². The molecule has 2 bridgehead atoms. The van der Waals surface area contributed by atoms with Crippen molar-refractivity contribution in [2.45, 2.75) is 82.6 Å². The Morgan fingerprint density at radius 2 is 1.90 bits per heavy atom. The highest BCUT2D eigenvalue weighted by Crippen LogP contribution is 2.72. The first-order chi connectivity index (χ1) is 18.5. The van der Waals surface area contributed by atoms with Gasteiger partial charge in [-0.25, -0.2) is 14.4 Å². The number of aliphatic carboxylic acids is 1. The van der Waals surface area contributed by atoms with Crippen LogP contribution in [-0.4, -0.2) is 84.1 Å². The minimum Gasteiger partial charge on any atom is -0.478 e. The van der Waals surface area contributed by atoms with E-state index in [0.717, 1.165) is 5.57 Å². The third kappa shape index (κ3) is 4.67. The maximum atomic E-state index is 12.9. The van der Waals surface area contributed by atoms with Gasteiger partial charge in [-0.15, -0.1) is 0 Å². The molecule has 0 amide bonds. The van der Waals surface area contributed by atoms with Gasteiger partial charge in [0.25, 0.3) is 0 Å². The lowest BCUT2D eigenvalue weighted by Crippen LogP contribution is -2.67. The molecule has 2 spiro atoms. The second-order valence-electron chi connectivity index (χ2n) is 11.4. The second kappa shape index (κ2) is 10.3. The van der Waals surface area contributed by atoms with E-state index in [1.165, 1.54) is 12.2 Å². The second-order valence-corrected chi connectivity index (χ2v) is 11.4. The molecule has 2 N–H and O–H groups in total. The van der Waals surface area contributed by atoms with Crippen LogP contribution in [0.2, 0.25) is 0 Å². The van der Waals surface area contributed by atoms with Gasteiger partial charge in [-0.3, -0.25) is 0 Å². The molecule has 5 rings (SSSR count). The SMILES string of the molecule is C/C1=C\C(=O)OC[C@]23CCC(C(=O)O)=C[C@H]2O[C@@H]2CC(OC(=O)/C=C/C=C/C(C(C)O)OCC1)[C@@]3(C)[C@]21CO1. The summed E-state index contributed by atoms with van der Waals surface area (Å²) in [5.74, 6) is -2.09. The summed E-state index contributed by atoms with van der Waals surface area (Å²) in [6.45, 7) is 6.04. The van der Waals surface area contributed by atoms with E-state index >= 15 is 0 Å². The van der Waals surface area contributed by atoms with Crippen molar-refractivity contribution in [3.8, 4) is 0 Å². The number of esters is 2. The van der Waals surface area contributed by atoms with Crippen molar-refractivity contribution >= 4 is 17.9 Å². The Kier molecular flexibility index (Phi) is 7.34. The molecule has 39 heavy (non-hydrogen) atoms. The van der Waals surface area contributed by atoms with Crippen molar-refractivity contribution < 1.29 is 48.3 Å². The Labute approximate surface area is 227 Å². The van der Waals surface area contributed by atoms with Crippen molar-refractivity contribution in [1.82, 2.24) is 0 Å². The Morgan fingerprint density at radius 1 is 1.13 bits per heavy atom. The van der Waals surface area contributed by atoms with Crippen LogP contribution in [0.15, 0.2) is 47.6 Å². The van der Waals surface area contributed by atoms with Gasteiger partial charge in [-0.2, -0.15) is 0 Å². The number of hydrogen-bond acceptors (Lipinski definition) is 9. The summed E-state index contributed by atoms with van der Waals surface area (Å²) in [5.41, 5.74) is -1.39. The number of aliphatic hydroxyl groups is 1. The average Bonchev–Trinajstić information content (AvgIpc) is 3.66. The number of epoxide rings is 1. The third-order valence-corrected chi connectivity index (χ3v) is 9.31. The molecule has 8 atom stereocenters. The Bertz CT molecular complexity index is 1140. The van der Waals surface area contributed by atoms with E-state index in [1.54, 1.807) is 38.2 Å². The first-order valence-corrected chi connectivity index (χ1v) is 13.4. The van der Waals surface area contributed by atoms with E-state index in [-0.39, 0.29) is 25.2 Å². The number of allylic oxidation sites excluding steroid dienone is 2. The molecule has 0 aromatic heterocycles. The molecule has 0 aromatic carbocycles. The van der Waals surface area contributed by atoms with Gasteiger partial charge in [-0.1, -0.05) is 30.7 Å². The Balaban J connectivity index is 1.53. The monoisotopic (exact) mass is 544 g/mol. The van der Waals surface area contributed by atoms with Crippen LogP contribution in [0.3, 0.4) is 0 Å². The molecule has 3 aliphatic heterocycles. The third-order valence-electron chi connectivity index (χ3n) is 9.31. The number of rotatable bonds is 2. The highest BCUT2D eigenvalue weighted by molar-refractivity contribution is 5.87. The van der Waals surface area contributed by atoms with Crippen LogP contribution in [0.25, 0.3) is 0 Å². The number of carbonyl (C=O) groups is 3. The molecular formula is C29H36O10. The largest absolute Gasteiger partial charge is 0.478 e. The lowest BCUT2D eigenvalue weighted by atomic mass is 9.51. The standard InChI is InChI=1S/C29H36O10/c1-17-9-11-35-20(18(2)30)6-4-5-7-24(31)39-21-14-23-29(16-37-29)27(21,3)28(15-36-25(32)12-17)10-8-19(26(33)34)13-22(28)38-23/h4-7,12-13,18,20-23,30H,8-11,14-16H2,1-3H3,(H,33,34)/b6-4+,7-5+,17-12+/t18?,20?,21?,22-,23-,27-,28-,29+/m1/s1. The molecule has 3 fully saturated rings. The molecule has 10 heteroatoms. The summed E-state index contributed by atoms with van der Waals surface area (Å²) in [5, 5.41) is 19.7. The first kappa shape index (κ1) is 27.8. The van der Waals surface area contributed by atoms with Crippen molar-refractivity contribution in [2.24, 2.45) is 10.8 Å². The van der Waals surface area contributed by atoms with Gasteiger partial charge in [0, 0.05) is 29.6 Å². The lowest BCUT2D eigenvalue weighted by Gasteiger charge is -2.58. The number of carboxylic acid groups (broad SMARTS) is 1. The molecule has 1 saturated carbocycles. The van der Waals surface area contributed by atoms with Gasteiger partial charge in [0.05, 0.1) is 36.9 Å². The molecular weight excluding hydrogens is 508 g/mol. The molecule has 212 valence electrons. The number of hydrogen-bond donors (Lipinski definition) is 2. The predicted octanol–water partition coefficient (Wildman–Crippen LogP) is 2.41. The van der Waals surface area contributed by atoms with Crippen molar-refractivity contribution in [3.63, 3.8) is 0 Å². The highest BCUT2D eigenvalue weighted by atomic mass is 16.6. The van der Waals surface area contributed by atoms with E-state index in [0.29, 0.717) is 25.9 Å². The van der Waals surface area contributed by atoms with Crippen molar-refractivity contribution in [2.75, 3.05) is 19.8 Å². The molecule has 3 heterocycles. The fraction of sp³-hybridized carbons (Fsp3) is 0.621. The van der Waals surface area contributed by atoms with Crippen molar-refractivity contribution in [3.05, 3.63) is 47.6 Å². The van der Waals surface area contributed by atoms with Gasteiger partial charge in [0.15, 0.2) is 0 Å². The van der Waals surface area contributed by atoms with E-state index in [4.69, 9.17) is 23.7 Å². The van der Waals surface area contributed by atoms with Crippen LogP contribution in [0.4, 0.5) is 0 Å². The number of carbonyl (C=O) groups excluding carboxylic acids is 2. The smallest absolute Gasteiger partial charge is 0.331 e. The van der Waals surface area contributed by atoms with Gasteiger partial charge in [0.2, 0.25) is 0 Å². The summed E-state index contributed by atoms with van der Waals surface area (Å²) in [6.07, 6.45) is 7.60. The van der Waals surface area contributed by atoms with Crippen molar-refractivity contribution in [1.29, 1.82) is 0 Å². The Hall–Kier alpha value is -2.79. The van der Waals surface area contributed by atoms with E-state index in [2.05, 4.69) is 0 Å². The van der Waals surface area contributed by atoms with Crippen LogP contribution in [0.5, 0.6) is 0 Å². The number of ether oxygens (including phenoxy) is 5. The normalized spacial score (nSPS) is 44.3. The summed E-state index contributed by atoms with van der Waals surface area (Å²) in [6, 6.07) is 0. The molecule has 5 aliphatic rings. The number of cyclic esters (lactones) is 1. The molecule has 2 saturated heterocycles. The summed E-state index contributed by atoms with van der Waals surface area (Å²) < 4.78 is 30.2. The summed E-state index contributed by atoms with van der Waals surface area (Å²) >= 11 is 0. The average molecular weight is 545 g/mol. The molecule has 10 nitrogen and oxygen atoms in total. The first-order valence-electron chi connectivity index (χ1n) is 13.4. The quantitative estimate of drug-likeness (QED) is 0.393. The molecule has 0 radical (unpaired) electrons. The molecule has 2 aliphatic carbocycles. The van der Waals surface area contributed by atoms with Gasteiger partial charge in [0.1, 0.15) is 24.4 Å². The van der Waals surface area contributed by atoms with Crippen LogP contribution < -0.4 is 0 Å². The molecule has 3 unspecified atom stereocenters. The maximum absolute atomic E-state index is 12.9. The topological polar surface area (TPSA) is 141 Å². The number of aliphatic hydroxyl groups excluding tert-OH is 1. The van der Waals surface area contributed by atoms with Gasteiger partial charge >= 0.3 is 17.9 Å². The van der Waals surface area contributed by atoms with Crippen LogP contribution >= 0.6 is 0 Å². The van der Waals surface area contributed by atoms with E-state index < -0.39 is 64.9 Å². The Morgan fingerprint density at radius 3 is 2.59 bits per heavy atom.